The Balaban J connectivity index is 1.43. The van der Waals surface area contributed by atoms with Crippen molar-refractivity contribution in [3.8, 4) is 0 Å². The average molecular weight is 427 g/mol. The third kappa shape index (κ3) is 5.60. The van der Waals surface area contributed by atoms with Gasteiger partial charge in [0.1, 0.15) is 0 Å². The number of amides is 4. The third-order valence-electron chi connectivity index (χ3n) is 4.44. The number of anilines is 2. The Kier molecular flexibility index (Phi) is 6.73. The molecule has 0 radical (unpaired) electrons. The second-order valence-corrected chi connectivity index (χ2v) is 8.00. The summed E-state index contributed by atoms with van der Waals surface area (Å²) in [5.41, 5.74) is 3.32. The lowest BCUT2D eigenvalue weighted by Crippen LogP contribution is -2.37. The molecule has 0 unspecified atom stereocenters. The highest BCUT2D eigenvalue weighted by atomic mass is 32.2. The second-order valence-electron chi connectivity index (χ2n) is 6.76. The number of ether oxygens (including phenoxy) is 1. The molecule has 0 saturated carbocycles. The third-order valence-corrected chi connectivity index (χ3v) is 5.72. The van der Waals surface area contributed by atoms with E-state index in [0.717, 1.165) is 16.0 Å². The zero-order valence-electron chi connectivity index (χ0n) is 16.5. The number of urea groups is 1. The quantitative estimate of drug-likeness (QED) is 0.632. The van der Waals surface area contributed by atoms with Crippen LogP contribution in [0.15, 0.2) is 47.4 Å². The predicted octanol–water partition coefficient (Wildman–Crippen LogP) is 3.00. The number of rotatable bonds is 5. The summed E-state index contributed by atoms with van der Waals surface area (Å²) in [6, 6.07) is 11.9. The zero-order chi connectivity index (χ0) is 21.7. The molecule has 156 valence electrons. The lowest BCUT2D eigenvalue weighted by atomic mass is 10.1. The molecule has 8 nitrogen and oxygen atoms in total. The molecule has 1 heterocycles. The van der Waals surface area contributed by atoms with Crippen LogP contribution in [0.4, 0.5) is 16.2 Å². The minimum atomic E-state index is -0.768. The van der Waals surface area contributed by atoms with Gasteiger partial charge in [0.2, 0.25) is 5.91 Å². The molecule has 2 aromatic carbocycles. The standard InChI is InChI=1S/C21H21N3O5S/c1-12-7-8-14(9-13(12)2)22-21(28)24-18(25)11-29-19(26)10-17-20(27)23-15-5-3-4-6-16(15)30-17/h3-9,17H,10-11H2,1-2H3,(H,23,27)(H2,22,24,25,28)/t17-/m0/s1. The SMILES string of the molecule is Cc1ccc(NC(=O)NC(=O)COC(=O)C[C@@H]2Sc3ccccc3NC2=O)cc1C. The van der Waals surface area contributed by atoms with Crippen LogP contribution >= 0.6 is 11.8 Å². The van der Waals surface area contributed by atoms with Gasteiger partial charge in [-0.25, -0.2) is 4.79 Å². The zero-order valence-corrected chi connectivity index (χ0v) is 17.3. The van der Waals surface area contributed by atoms with E-state index < -0.39 is 29.8 Å². The molecule has 1 atom stereocenters. The monoisotopic (exact) mass is 427 g/mol. The summed E-state index contributed by atoms with van der Waals surface area (Å²) in [4.78, 5) is 48.8. The number of carbonyl (C=O) groups is 4. The van der Waals surface area contributed by atoms with Gasteiger partial charge in [0.05, 0.1) is 17.4 Å². The van der Waals surface area contributed by atoms with E-state index in [1.165, 1.54) is 11.8 Å². The molecular weight excluding hydrogens is 406 g/mol. The number of aryl methyl sites for hydroxylation is 2. The number of thioether (sulfide) groups is 1. The first-order chi connectivity index (χ1) is 14.3. The van der Waals surface area contributed by atoms with Crippen LogP contribution in [0.2, 0.25) is 0 Å². The van der Waals surface area contributed by atoms with Gasteiger partial charge in [0.25, 0.3) is 5.91 Å². The lowest BCUT2D eigenvalue weighted by molar-refractivity contribution is -0.148. The Morgan fingerprint density at radius 3 is 2.63 bits per heavy atom. The van der Waals surface area contributed by atoms with Gasteiger partial charge in [-0.1, -0.05) is 18.2 Å². The Morgan fingerprint density at radius 2 is 1.87 bits per heavy atom. The number of nitrogens with one attached hydrogen (secondary N) is 3. The molecule has 3 N–H and O–H groups in total. The number of carbonyl (C=O) groups excluding carboxylic acids is 4. The summed E-state index contributed by atoms with van der Waals surface area (Å²) in [7, 11) is 0. The predicted molar refractivity (Wildman–Crippen MR) is 113 cm³/mol. The van der Waals surface area contributed by atoms with Crippen LogP contribution in [-0.2, 0) is 19.1 Å². The molecule has 3 rings (SSSR count). The van der Waals surface area contributed by atoms with E-state index in [1.807, 2.05) is 38.1 Å². The summed E-state index contributed by atoms with van der Waals surface area (Å²) < 4.78 is 4.90. The molecule has 0 saturated heterocycles. The molecule has 0 bridgehead atoms. The first kappa shape index (κ1) is 21.4. The lowest BCUT2D eigenvalue weighted by Gasteiger charge is -2.23. The average Bonchev–Trinajstić information content (AvgIpc) is 2.70. The van der Waals surface area contributed by atoms with E-state index in [2.05, 4.69) is 16.0 Å². The molecule has 0 aliphatic carbocycles. The number of para-hydroxylation sites is 1. The number of hydrogen-bond acceptors (Lipinski definition) is 6. The second kappa shape index (κ2) is 9.45. The highest BCUT2D eigenvalue weighted by Crippen LogP contribution is 2.36. The smallest absolute Gasteiger partial charge is 0.325 e. The van der Waals surface area contributed by atoms with Crippen LogP contribution in [0, 0.1) is 13.8 Å². The van der Waals surface area contributed by atoms with E-state index in [1.54, 1.807) is 18.2 Å². The van der Waals surface area contributed by atoms with Crippen molar-refractivity contribution >= 4 is 47.0 Å². The van der Waals surface area contributed by atoms with Crippen molar-refractivity contribution in [1.82, 2.24) is 5.32 Å². The fraction of sp³-hybridized carbons (Fsp3) is 0.238. The highest BCUT2D eigenvalue weighted by molar-refractivity contribution is 8.01. The Bertz CT molecular complexity index is 1010. The minimum Gasteiger partial charge on any atom is -0.456 e. The molecule has 9 heteroatoms. The van der Waals surface area contributed by atoms with Crippen LogP contribution in [-0.4, -0.2) is 35.7 Å². The maximum Gasteiger partial charge on any atom is 0.325 e. The number of esters is 1. The first-order valence-electron chi connectivity index (χ1n) is 9.22. The Hall–Kier alpha value is -3.33. The van der Waals surface area contributed by atoms with Gasteiger partial charge in [-0.3, -0.25) is 19.7 Å². The summed E-state index contributed by atoms with van der Waals surface area (Å²) in [5.74, 6) is -1.77. The van der Waals surface area contributed by atoms with Crippen LogP contribution in [0.3, 0.4) is 0 Å². The maximum absolute atomic E-state index is 12.1. The minimum absolute atomic E-state index is 0.188. The fourth-order valence-corrected chi connectivity index (χ4v) is 3.82. The first-order valence-corrected chi connectivity index (χ1v) is 10.1. The van der Waals surface area contributed by atoms with Crippen molar-refractivity contribution in [1.29, 1.82) is 0 Å². The van der Waals surface area contributed by atoms with Crippen LogP contribution in [0.5, 0.6) is 0 Å². The maximum atomic E-state index is 12.1. The molecule has 4 amide bonds. The van der Waals surface area contributed by atoms with E-state index in [9.17, 15) is 19.2 Å². The summed E-state index contributed by atoms with van der Waals surface area (Å²) in [5, 5.41) is 6.72. The molecule has 0 spiro atoms. The van der Waals surface area contributed by atoms with Gasteiger partial charge in [0.15, 0.2) is 6.61 Å². The van der Waals surface area contributed by atoms with E-state index in [0.29, 0.717) is 11.4 Å². The van der Waals surface area contributed by atoms with E-state index >= 15 is 0 Å². The molecule has 1 aliphatic rings. The number of fused-ring (bicyclic) bond motifs is 1. The number of imide groups is 1. The van der Waals surface area contributed by atoms with Crippen molar-refractivity contribution in [2.75, 3.05) is 17.2 Å². The topological polar surface area (TPSA) is 114 Å². The van der Waals surface area contributed by atoms with Crippen LogP contribution < -0.4 is 16.0 Å². The normalized spacial score (nSPS) is 14.9. The van der Waals surface area contributed by atoms with Crippen molar-refractivity contribution in [2.45, 2.75) is 30.4 Å². The van der Waals surface area contributed by atoms with Crippen molar-refractivity contribution in [3.63, 3.8) is 0 Å². The molecular formula is C21H21N3O5S. The molecule has 1 aliphatic heterocycles. The molecule has 2 aromatic rings. The highest BCUT2D eigenvalue weighted by Gasteiger charge is 2.29. The summed E-state index contributed by atoms with van der Waals surface area (Å²) in [6.45, 7) is 3.24. The van der Waals surface area contributed by atoms with Gasteiger partial charge in [-0.05, 0) is 49.2 Å². The summed E-state index contributed by atoms with van der Waals surface area (Å²) >= 11 is 1.26. The van der Waals surface area contributed by atoms with Crippen molar-refractivity contribution in [3.05, 3.63) is 53.6 Å². The van der Waals surface area contributed by atoms with Gasteiger partial charge in [-0.2, -0.15) is 0 Å². The van der Waals surface area contributed by atoms with Gasteiger partial charge in [0, 0.05) is 10.6 Å². The van der Waals surface area contributed by atoms with Gasteiger partial charge < -0.3 is 15.4 Å². The Labute approximate surface area is 177 Å². The van der Waals surface area contributed by atoms with E-state index in [4.69, 9.17) is 4.74 Å². The van der Waals surface area contributed by atoms with Crippen LogP contribution in [0.25, 0.3) is 0 Å². The van der Waals surface area contributed by atoms with Crippen molar-refractivity contribution < 1.29 is 23.9 Å². The molecule has 30 heavy (non-hydrogen) atoms. The van der Waals surface area contributed by atoms with Crippen molar-refractivity contribution in [2.24, 2.45) is 0 Å². The molecule has 0 fully saturated rings. The van der Waals surface area contributed by atoms with Crippen LogP contribution in [0.1, 0.15) is 17.5 Å². The fourth-order valence-electron chi connectivity index (χ4n) is 2.73. The Morgan fingerprint density at radius 1 is 1.10 bits per heavy atom. The summed E-state index contributed by atoms with van der Waals surface area (Å²) in [6.07, 6.45) is -0.188. The number of hydrogen-bond donors (Lipinski definition) is 3. The largest absolute Gasteiger partial charge is 0.456 e. The van der Waals surface area contributed by atoms with Gasteiger partial charge in [-0.15, -0.1) is 11.8 Å². The molecule has 0 aromatic heterocycles. The number of benzene rings is 2. The van der Waals surface area contributed by atoms with Gasteiger partial charge >= 0.3 is 12.0 Å². The van der Waals surface area contributed by atoms with E-state index in [-0.39, 0.29) is 12.3 Å².